The van der Waals surface area contributed by atoms with Gasteiger partial charge in [-0.15, -0.1) is 0 Å². The molecule has 0 aliphatic rings. The van der Waals surface area contributed by atoms with Gasteiger partial charge < -0.3 is 4.57 Å². The minimum atomic E-state index is 0.884. The summed E-state index contributed by atoms with van der Waals surface area (Å²) in [6.07, 6.45) is 3.67. The lowest BCUT2D eigenvalue weighted by Gasteiger charge is -2.05. The molecule has 0 bridgehead atoms. The maximum atomic E-state index is 4.46. The Morgan fingerprint density at radius 1 is 0.889 bits per heavy atom. The van der Waals surface area contributed by atoms with Crippen LogP contribution in [0.2, 0.25) is 0 Å². The van der Waals surface area contributed by atoms with E-state index in [2.05, 4.69) is 26.7 Å². The van der Waals surface area contributed by atoms with Crippen molar-refractivity contribution < 1.29 is 0 Å². The van der Waals surface area contributed by atoms with Crippen molar-refractivity contribution in [1.82, 2.24) is 14.5 Å². The van der Waals surface area contributed by atoms with E-state index in [0.29, 0.717) is 0 Å². The molecule has 3 rings (SSSR count). The van der Waals surface area contributed by atoms with Crippen molar-refractivity contribution in [3.8, 4) is 22.8 Å². The highest BCUT2D eigenvalue weighted by Crippen LogP contribution is 2.23. The Hall–Kier alpha value is -2.42. The van der Waals surface area contributed by atoms with Crippen molar-refractivity contribution in [3.63, 3.8) is 0 Å². The maximum absolute atomic E-state index is 4.46. The molecule has 0 fully saturated rings. The number of aromatic nitrogens is 3. The summed E-state index contributed by atoms with van der Waals surface area (Å²) in [4.78, 5) is 8.80. The zero-order chi connectivity index (χ0) is 12.4. The molecule has 0 radical (unpaired) electrons. The lowest BCUT2D eigenvalue weighted by atomic mass is 10.2. The van der Waals surface area contributed by atoms with Gasteiger partial charge in [0, 0.05) is 13.2 Å². The van der Waals surface area contributed by atoms with E-state index in [1.807, 2.05) is 49.6 Å². The molecule has 3 heteroatoms. The molecule has 18 heavy (non-hydrogen) atoms. The van der Waals surface area contributed by atoms with Gasteiger partial charge in [-0.25, -0.2) is 4.98 Å². The van der Waals surface area contributed by atoms with Crippen LogP contribution in [0.4, 0.5) is 0 Å². The largest absolute Gasteiger partial charge is 0.326 e. The maximum Gasteiger partial charge on any atom is 0.158 e. The van der Waals surface area contributed by atoms with Crippen molar-refractivity contribution in [1.29, 1.82) is 0 Å². The second kappa shape index (κ2) is 4.45. The summed E-state index contributed by atoms with van der Waals surface area (Å²) in [5, 5.41) is 0. The Labute approximate surface area is 106 Å². The fourth-order valence-corrected chi connectivity index (χ4v) is 2.02. The highest BCUT2D eigenvalue weighted by Gasteiger charge is 2.10. The summed E-state index contributed by atoms with van der Waals surface area (Å²) >= 11 is 0. The minimum absolute atomic E-state index is 0.884. The van der Waals surface area contributed by atoms with E-state index in [4.69, 9.17) is 0 Å². The van der Waals surface area contributed by atoms with E-state index >= 15 is 0 Å². The lowest BCUT2D eigenvalue weighted by Crippen LogP contribution is -1.96. The number of benzene rings is 1. The van der Waals surface area contributed by atoms with Gasteiger partial charge in [-0.3, -0.25) is 4.98 Å². The van der Waals surface area contributed by atoms with Crippen LogP contribution in [-0.2, 0) is 7.05 Å². The summed E-state index contributed by atoms with van der Waals surface area (Å²) in [6.45, 7) is 0. The van der Waals surface area contributed by atoms with Crippen LogP contribution >= 0.6 is 0 Å². The van der Waals surface area contributed by atoms with Crippen LogP contribution in [0.15, 0.2) is 60.9 Å². The normalized spacial score (nSPS) is 10.5. The Kier molecular flexibility index (Phi) is 2.65. The van der Waals surface area contributed by atoms with E-state index in [9.17, 15) is 0 Å². The van der Waals surface area contributed by atoms with Crippen LogP contribution in [0.25, 0.3) is 22.8 Å². The number of nitrogens with zero attached hydrogens (tertiary/aromatic N) is 3. The van der Waals surface area contributed by atoms with Crippen molar-refractivity contribution >= 4 is 0 Å². The molecule has 88 valence electrons. The van der Waals surface area contributed by atoms with E-state index < -0.39 is 0 Å². The Morgan fingerprint density at radius 2 is 1.67 bits per heavy atom. The molecule has 3 nitrogen and oxygen atoms in total. The third-order valence-corrected chi connectivity index (χ3v) is 2.95. The number of hydrogen-bond donors (Lipinski definition) is 0. The molecule has 0 atom stereocenters. The van der Waals surface area contributed by atoms with Crippen LogP contribution < -0.4 is 0 Å². The summed E-state index contributed by atoms with van der Waals surface area (Å²) in [7, 11) is 2.01. The first-order chi connectivity index (χ1) is 8.86. The average Bonchev–Trinajstić information content (AvgIpc) is 2.83. The van der Waals surface area contributed by atoms with Crippen LogP contribution in [0, 0.1) is 0 Å². The smallest absolute Gasteiger partial charge is 0.158 e. The fourth-order valence-electron chi connectivity index (χ4n) is 2.02. The van der Waals surface area contributed by atoms with Gasteiger partial charge in [0.2, 0.25) is 0 Å². The zero-order valence-corrected chi connectivity index (χ0v) is 10.1. The predicted octanol–water partition coefficient (Wildman–Crippen LogP) is 3.15. The first-order valence-corrected chi connectivity index (χ1v) is 5.85. The number of hydrogen-bond acceptors (Lipinski definition) is 2. The predicted molar refractivity (Wildman–Crippen MR) is 71.9 cm³/mol. The molecule has 0 saturated heterocycles. The van der Waals surface area contributed by atoms with E-state index in [1.165, 1.54) is 0 Å². The molecule has 3 aromatic rings. The van der Waals surface area contributed by atoms with Crippen LogP contribution in [0.5, 0.6) is 0 Å². The van der Waals surface area contributed by atoms with E-state index in [-0.39, 0.29) is 0 Å². The van der Waals surface area contributed by atoms with Gasteiger partial charge in [0.1, 0.15) is 5.69 Å². The molecule has 0 aliphatic heterocycles. The van der Waals surface area contributed by atoms with Gasteiger partial charge >= 0.3 is 0 Å². The number of rotatable bonds is 2. The van der Waals surface area contributed by atoms with Gasteiger partial charge in [-0.2, -0.15) is 0 Å². The summed E-state index contributed by atoms with van der Waals surface area (Å²) < 4.78 is 2.07. The molecule has 0 saturated carbocycles. The summed E-state index contributed by atoms with van der Waals surface area (Å²) in [6, 6.07) is 16.1. The zero-order valence-electron chi connectivity index (χ0n) is 10.1. The van der Waals surface area contributed by atoms with E-state index in [1.54, 1.807) is 6.20 Å². The molecule has 0 spiro atoms. The molecule has 0 amide bonds. The van der Waals surface area contributed by atoms with Crippen LogP contribution in [0.3, 0.4) is 0 Å². The standard InChI is InChI=1S/C15H13N3/c1-18-14(12-7-3-2-4-8-12)11-17-15(18)13-9-5-6-10-16-13/h2-11H,1H3. The topological polar surface area (TPSA) is 30.7 Å². The summed E-state index contributed by atoms with van der Waals surface area (Å²) in [5.74, 6) is 0.884. The molecule has 0 unspecified atom stereocenters. The summed E-state index contributed by atoms with van der Waals surface area (Å²) in [5.41, 5.74) is 3.15. The van der Waals surface area contributed by atoms with Crippen molar-refractivity contribution in [2.24, 2.45) is 7.05 Å². The second-order valence-corrected chi connectivity index (χ2v) is 4.11. The Morgan fingerprint density at radius 3 is 2.39 bits per heavy atom. The fraction of sp³-hybridized carbons (Fsp3) is 0.0667. The van der Waals surface area contributed by atoms with Crippen LogP contribution in [-0.4, -0.2) is 14.5 Å². The number of pyridine rings is 1. The molecule has 2 heterocycles. The van der Waals surface area contributed by atoms with Gasteiger partial charge in [-0.05, 0) is 17.7 Å². The van der Waals surface area contributed by atoms with Gasteiger partial charge in [0.05, 0.1) is 11.9 Å². The van der Waals surface area contributed by atoms with Crippen molar-refractivity contribution in [2.45, 2.75) is 0 Å². The monoisotopic (exact) mass is 235 g/mol. The van der Waals surface area contributed by atoms with Gasteiger partial charge in [-0.1, -0.05) is 36.4 Å². The lowest BCUT2D eigenvalue weighted by molar-refractivity contribution is 0.925. The number of imidazole rings is 1. The Balaban J connectivity index is 2.09. The molecule has 0 aliphatic carbocycles. The van der Waals surface area contributed by atoms with Gasteiger partial charge in [0.15, 0.2) is 5.82 Å². The highest BCUT2D eigenvalue weighted by molar-refractivity contribution is 5.63. The van der Waals surface area contributed by atoms with Crippen LogP contribution in [0.1, 0.15) is 0 Å². The quantitative estimate of drug-likeness (QED) is 0.683. The Bertz CT molecular complexity index is 585. The average molecular weight is 235 g/mol. The molecular formula is C15H13N3. The third-order valence-electron chi connectivity index (χ3n) is 2.95. The SMILES string of the molecule is Cn1c(-c2ccccc2)cnc1-c1ccccn1. The van der Waals surface area contributed by atoms with Gasteiger partial charge in [0.25, 0.3) is 0 Å². The second-order valence-electron chi connectivity index (χ2n) is 4.11. The molecule has 0 N–H and O–H groups in total. The molecule has 2 aromatic heterocycles. The van der Waals surface area contributed by atoms with Crippen molar-refractivity contribution in [2.75, 3.05) is 0 Å². The first kappa shape index (κ1) is 10.7. The molecule has 1 aromatic carbocycles. The van der Waals surface area contributed by atoms with Crippen molar-refractivity contribution in [3.05, 3.63) is 60.9 Å². The first-order valence-electron chi connectivity index (χ1n) is 5.85. The highest BCUT2D eigenvalue weighted by atomic mass is 15.1. The minimum Gasteiger partial charge on any atom is -0.326 e. The van der Waals surface area contributed by atoms with E-state index in [0.717, 1.165) is 22.8 Å². The molecular weight excluding hydrogens is 222 g/mol. The third kappa shape index (κ3) is 1.80.